The lowest BCUT2D eigenvalue weighted by Crippen LogP contribution is -1.99. The Morgan fingerprint density at radius 1 is 1.11 bits per heavy atom. The SMILES string of the molecule is OC(c1ccc(F)cc1)c1cn2ccccc2n1. The Labute approximate surface area is 103 Å². The van der Waals surface area contributed by atoms with E-state index < -0.39 is 6.10 Å². The van der Waals surface area contributed by atoms with Crippen LogP contribution in [0.4, 0.5) is 4.39 Å². The maximum Gasteiger partial charge on any atom is 0.137 e. The Balaban J connectivity index is 2.00. The van der Waals surface area contributed by atoms with Gasteiger partial charge in [0.1, 0.15) is 17.6 Å². The zero-order valence-corrected chi connectivity index (χ0v) is 9.49. The summed E-state index contributed by atoms with van der Waals surface area (Å²) in [5.41, 5.74) is 1.95. The number of halogens is 1. The average Bonchev–Trinajstić information content (AvgIpc) is 2.82. The van der Waals surface area contributed by atoms with Gasteiger partial charge in [0.05, 0.1) is 5.69 Å². The van der Waals surface area contributed by atoms with Gasteiger partial charge in [0, 0.05) is 12.4 Å². The van der Waals surface area contributed by atoms with Crippen molar-refractivity contribution < 1.29 is 9.50 Å². The lowest BCUT2D eigenvalue weighted by atomic mass is 10.1. The molecule has 3 nitrogen and oxygen atoms in total. The highest BCUT2D eigenvalue weighted by molar-refractivity contribution is 5.41. The van der Waals surface area contributed by atoms with Crippen molar-refractivity contribution in [2.75, 3.05) is 0 Å². The molecule has 4 heteroatoms. The summed E-state index contributed by atoms with van der Waals surface area (Å²) in [6.45, 7) is 0. The first-order valence-corrected chi connectivity index (χ1v) is 5.61. The van der Waals surface area contributed by atoms with Crippen molar-refractivity contribution >= 4 is 5.65 Å². The molecule has 2 aromatic heterocycles. The molecule has 18 heavy (non-hydrogen) atoms. The molecule has 1 atom stereocenters. The second-order valence-corrected chi connectivity index (χ2v) is 4.09. The van der Waals surface area contributed by atoms with E-state index in [2.05, 4.69) is 4.98 Å². The molecule has 1 N–H and O–H groups in total. The van der Waals surface area contributed by atoms with Crippen LogP contribution < -0.4 is 0 Å². The van der Waals surface area contributed by atoms with Crippen LogP contribution in [0.5, 0.6) is 0 Å². The summed E-state index contributed by atoms with van der Waals surface area (Å²) >= 11 is 0. The van der Waals surface area contributed by atoms with Crippen LogP contribution in [-0.4, -0.2) is 14.5 Å². The zero-order chi connectivity index (χ0) is 12.5. The Kier molecular flexibility index (Phi) is 2.57. The minimum Gasteiger partial charge on any atom is -0.382 e. The van der Waals surface area contributed by atoms with E-state index in [1.165, 1.54) is 12.1 Å². The first kappa shape index (κ1) is 10.9. The Morgan fingerprint density at radius 3 is 2.61 bits per heavy atom. The molecule has 3 aromatic rings. The van der Waals surface area contributed by atoms with Gasteiger partial charge in [-0.05, 0) is 29.8 Å². The van der Waals surface area contributed by atoms with Crippen LogP contribution in [0.15, 0.2) is 54.9 Å². The third kappa shape index (κ3) is 1.87. The number of aromatic nitrogens is 2. The standard InChI is InChI=1S/C14H11FN2O/c15-11-6-4-10(5-7-11)14(18)12-9-17-8-2-1-3-13(17)16-12/h1-9,14,18H. The number of hydrogen-bond donors (Lipinski definition) is 1. The van der Waals surface area contributed by atoms with Gasteiger partial charge in [0.15, 0.2) is 0 Å². The molecular formula is C14H11FN2O. The van der Waals surface area contributed by atoms with Gasteiger partial charge in [0.25, 0.3) is 0 Å². The smallest absolute Gasteiger partial charge is 0.137 e. The first-order valence-electron chi connectivity index (χ1n) is 5.61. The first-order chi connectivity index (χ1) is 8.74. The molecule has 0 spiro atoms. The van der Waals surface area contributed by atoms with Crippen LogP contribution in [0, 0.1) is 5.82 Å². The molecular weight excluding hydrogens is 231 g/mol. The van der Waals surface area contributed by atoms with E-state index in [0.29, 0.717) is 11.3 Å². The number of benzene rings is 1. The van der Waals surface area contributed by atoms with Gasteiger partial charge in [-0.3, -0.25) is 0 Å². The number of hydrogen-bond acceptors (Lipinski definition) is 2. The summed E-state index contributed by atoms with van der Waals surface area (Å²) in [5, 5.41) is 10.2. The van der Waals surface area contributed by atoms with Crippen molar-refractivity contribution in [1.29, 1.82) is 0 Å². The number of rotatable bonds is 2. The molecule has 0 saturated heterocycles. The number of aliphatic hydroxyl groups is 1. The molecule has 90 valence electrons. The molecule has 1 unspecified atom stereocenters. The van der Waals surface area contributed by atoms with E-state index in [9.17, 15) is 9.50 Å². The summed E-state index contributed by atoms with van der Waals surface area (Å²) < 4.78 is 14.7. The molecule has 0 saturated carbocycles. The quantitative estimate of drug-likeness (QED) is 0.750. The van der Waals surface area contributed by atoms with Crippen molar-refractivity contribution in [2.45, 2.75) is 6.10 Å². The van der Waals surface area contributed by atoms with Crippen LogP contribution >= 0.6 is 0 Å². The fourth-order valence-electron chi connectivity index (χ4n) is 1.90. The monoisotopic (exact) mass is 242 g/mol. The molecule has 0 radical (unpaired) electrons. The molecule has 0 bridgehead atoms. The van der Waals surface area contributed by atoms with Gasteiger partial charge in [0.2, 0.25) is 0 Å². The predicted molar refractivity (Wildman–Crippen MR) is 65.7 cm³/mol. The summed E-state index contributed by atoms with van der Waals surface area (Å²) in [4.78, 5) is 4.33. The van der Waals surface area contributed by atoms with E-state index in [0.717, 1.165) is 5.65 Å². The molecule has 1 aromatic carbocycles. The van der Waals surface area contributed by atoms with Crippen LogP contribution in [0.3, 0.4) is 0 Å². The van der Waals surface area contributed by atoms with Crippen molar-refractivity contribution in [3.8, 4) is 0 Å². The van der Waals surface area contributed by atoms with E-state index >= 15 is 0 Å². The second kappa shape index (κ2) is 4.23. The summed E-state index contributed by atoms with van der Waals surface area (Å²) in [5.74, 6) is -0.319. The van der Waals surface area contributed by atoms with Crippen LogP contribution in [0.2, 0.25) is 0 Å². The largest absolute Gasteiger partial charge is 0.382 e. The molecule has 0 aliphatic heterocycles. The summed E-state index contributed by atoms with van der Waals surface area (Å²) in [7, 11) is 0. The third-order valence-corrected chi connectivity index (χ3v) is 2.85. The van der Waals surface area contributed by atoms with Gasteiger partial charge >= 0.3 is 0 Å². The lowest BCUT2D eigenvalue weighted by molar-refractivity contribution is 0.216. The van der Waals surface area contributed by atoms with E-state index in [1.807, 2.05) is 28.8 Å². The van der Waals surface area contributed by atoms with E-state index in [4.69, 9.17) is 0 Å². The topological polar surface area (TPSA) is 37.5 Å². The van der Waals surface area contributed by atoms with Crippen LogP contribution in [-0.2, 0) is 0 Å². The number of pyridine rings is 1. The van der Waals surface area contributed by atoms with Gasteiger partial charge in [-0.2, -0.15) is 0 Å². The fourth-order valence-corrected chi connectivity index (χ4v) is 1.90. The van der Waals surface area contributed by atoms with Crippen molar-refractivity contribution in [3.63, 3.8) is 0 Å². The van der Waals surface area contributed by atoms with Crippen LogP contribution in [0.1, 0.15) is 17.4 Å². The molecule has 0 fully saturated rings. The highest BCUT2D eigenvalue weighted by Gasteiger charge is 2.14. The predicted octanol–water partition coefficient (Wildman–Crippen LogP) is 2.56. The maximum absolute atomic E-state index is 12.8. The van der Waals surface area contributed by atoms with Gasteiger partial charge < -0.3 is 9.51 Å². The molecule has 0 aliphatic carbocycles. The Morgan fingerprint density at radius 2 is 1.89 bits per heavy atom. The highest BCUT2D eigenvalue weighted by Crippen LogP contribution is 2.21. The Hall–Kier alpha value is -2.20. The van der Waals surface area contributed by atoms with Crippen molar-refractivity contribution in [1.82, 2.24) is 9.38 Å². The van der Waals surface area contributed by atoms with Crippen LogP contribution in [0.25, 0.3) is 5.65 Å². The normalized spacial score (nSPS) is 12.8. The third-order valence-electron chi connectivity index (χ3n) is 2.85. The molecule has 3 rings (SSSR count). The van der Waals surface area contributed by atoms with Gasteiger partial charge in [-0.1, -0.05) is 18.2 Å². The molecule has 0 amide bonds. The summed E-state index contributed by atoms with van der Waals surface area (Å²) in [6.07, 6.45) is 2.79. The highest BCUT2D eigenvalue weighted by atomic mass is 19.1. The Bertz CT molecular complexity index is 643. The second-order valence-electron chi connectivity index (χ2n) is 4.09. The van der Waals surface area contributed by atoms with E-state index in [1.54, 1.807) is 18.3 Å². The molecule has 0 aliphatic rings. The summed E-state index contributed by atoms with van der Waals surface area (Å²) in [6, 6.07) is 11.4. The zero-order valence-electron chi connectivity index (χ0n) is 9.49. The van der Waals surface area contributed by atoms with Gasteiger partial charge in [-0.25, -0.2) is 9.37 Å². The number of fused-ring (bicyclic) bond motifs is 1. The van der Waals surface area contributed by atoms with Crippen molar-refractivity contribution in [3.05, 3.63) is 71.9 Å². The minimum absolute atomic E-state index is 0.319. The minimum atomic E-state index is -0.842. The van der Waals surface area contributed by atoms with Gasteiger partial charge in [-0.15, -0.1) is 0 Å². The van der Waals surface area contributed by atoms with E-state index in [-0.39, 0.29) is 5.82 Å². The lowest BCUT2D eigenvalue weighted by Gasteiger charge is -2.07. The maximum atomic E-state index is 12.8. The average molecular weight is 242 g/mol. The number of imidazole rings is 1. The number of nitrogens with zero attached hydrogens (tertiary/aromatic N) is 2. The van der Waals surface area contributed by atoms with Crippen molar-refractivity contribution in [2.24, 2.45) is 0 Å². The number of aliphatic hydroxyl groups excluding tert-OH is 1. The molecule has 2 heterocycles. The fraction of sp³-hybridized carbons (Fsp3) is 0.0714.